The van der Waals surface area contributed by atoms with Crippen molar-refractivity contribution in [3.05, 3.63) is 51.9 Å². The maximum Gasteiger partial charge on any atom is 0.423 e. The minimum atomic E-state index is -4.96. The molecular formula is C32H43F3N6O7. The number of anilines is 1. The van der Waals surface area contributed by atoms with Crippen LogP contribution in [0.15, 0.2) is 35.3 Å². The normalized spacial score (nSPS) is 16.5. The van der Waals surface area contributed by atoms with E-state index in [1.807, 2.05) is 0 Å². The average Bonchev–Trinajstić information content (AvgIpc) is 3.51. The van der Waals surface area contributed by atoms with E-state index >= 15 is 0 Å². The van der Waals surface area contributed by atoms with Gasteiger partial charge in [0.25, 0.3) is 11.5 Å². The van der Waals surface area contributed by atoms with Crippen molar-refractivity contribution in [2.24, 2.45) is 5.92 Å². The predicted octanol–water partition coefficient (Wildman–Crippen LogP) is 3.76. The molecule has 2 aliphatic heterocycles. The molecule has 1 N–H and O–H groups in total. The second-order valence-electron chi connectivity index (χ2n) is 12.9. The highest BCUT2D eigenvalue weighted by atomic mass is 19.4. The van der Waals surface area contributed by atoms with Crippen LogP contribution in [0.5, 0.6) is 5.75 Å². The number of carbonyl (C=O) groups excluding carboxylic acids is 3. The molecule has 3 amide bonds. The Kier molecular flexibility index (Phi) is 11.6. The van der Waals surface area contributed by atoms with Gasteiger partial charge < -0.3 is 24.4 Å². The van der Waals surface area contributed by atoms with Gasteiger partial charge >= 0.3 is 12.3 Å². The van der Waals surface area contributed by atoms with Crippen molar-refractivity contribution in [3.8, 4) is 5.75 Å². The number of hydrazine groups is 1. The Hall–Kier alpha value is -4.34. The summed E-state index contributed by atoms with van der Waals surface area (Å²) in [7, 11) is 1.49. The number of ether oxygens (including phenoxy) is 3. The van der Waals surface area contributed by atoms with Crippen LogP contribution in [-0.4, -0.2) is 101 Å². The summed E-state index contributed by atoms with van der Waals surface area (Å²) < 4.78 is 58.8. The maximum absolute atomic E-state index is 14.0. The second-order valence-corrected chi connectivity index (χ2v) is 12.9. The van der Waals surface area contributed by atoms with E-state index in [1.165, 1.54) is 17.1 Å². The van der Waals surface area contributed by atoms with Crippen molar-refractivity contribution in [1.82, 2.24) is 24.7 Å². The van der Waals surface area contributed by atoms with Gasteiger partial charge in [-0.15, -0.1) is 0 Å². The molecule has 1 atom stereocenters. The number of hydrogen-bond donors (Lipinski definition) is 1. The van der Waals surface area contributed by atoms with Crippen LogP contribution in [-0.2, 0) is 31.8 Å². The molecule has 264 valence electrons. The lowest BCUT2D eigenvalue weighted by Crippen LogP contribution is -2.51. The fraction of sp³-hybridized carbons (Fsp3) is 0.594. The van der Waals surface area contributed by atoms with Gasteiger partial charge in [-0.05, 0) is 64.7 Å². The standard InChI is InChI=1S/C32H43F3N6O7/c1-21(37-25-17-36-39(29(44)27(25)32(33,34)35)18-22-7-9-24(46-5)10-8-22)19-47-20-26(42)40-13-6-14-41(40)28(43)23-11-15-38(16-12-23)30(45)48-31(2,3)4/h7-10,17,21,23,37H,6,11-16,18-20H2,1-5H3. The van der Waals surface area contributed by atoms with Gasteiger partial charge in [0, 0.05) is 38.1 Å². The Morgan fingerprint density at radius 3 is 2.27 bits per heavy atom. The summed E-state index contributed by atoms with van der Waals surface area (Å²) in [6.45, 7) is 7.59. The Labute approximate surface area is 276 Å². The van der Waals surface area contributed by atoms with Crippen LogP contribution < -0.4 is 15.6 Å². The van der Waals surface area contributed by atoms with Crippen LogP contribution in [0.3, 0.4) is 0 Å². The van der Waals surface area contributed by atoms with E-state index in [0.717, 1.165) is 10.9 Å². The monoisotopic (exact) mass is 680 g/mol. The molecule has 0 saturated carbocycles. The molecule has 2 aliphatic rings. The SMILES string of the molecule is COc1ccc(Cn2ncc(NC(C)COCC(=O)N3CCCN3C(=O)C3CCN(C(=O)OC(C)(C)C)CC3)c(C(F)(F)F)c2=O)cc1. The number of carbonyl (C=O) groups is 3. The molecule has 2 saturated heterocycles. The highest BCUT2D eigenvalue weighted by Crippen LogP contribution is 2.32. The van der Waals surface area contributed by atoms with Crippen molar-refractivity contribution in [1.29, 1.82) is 0 Å². The fourth-order valence-electron chi connectivity index (χ4n) is 5.54. The first kappa shape index (κ1) is 36.5. The van der Waals surface area contributed by atoms with E-state index in [-0.39, 0.29) is 25.0 Å². The van der Waals surface area contributed by atoms with Crippen LogP contribution in [0.2, 0.25) is 0 Å². The highest BCUT2D eigenvalue weighted by Gasteiger charge is 2.39. The lowest BCUT2D eigenvalue weighted by molar-refractivity contribution is -0.164. The number of alkyl halides is 3. The Morgan fingerprint density at radius 2 is 1.67 bits per heavy atom. The quantitative estimate of drug-likeness (QED) is 0.398. The van der Waals surface area contributed by atoms with Gasteiger partial charge in [-0.3, -0.25) is 19.4 Å². The van der Waals surface area contributed by atoms with E-state index in [9.17, 15) is 32.3 Å². The van der Waals surface area contributed by atoms with E-state index in [2.05, 4.69) is 10.4 Å². The van der Waals surface area contributed by atoms with Crippen LogP contribution >= 0.6 is 0 Å². The Bertz CT molecular complexity index is 1500. The van der Waals surface area contributed by atoms with Crippen LogP contribution in [0.1, 0.15) is 58.1 Å². The molecule has 0 bridgehead atoms. The van der Waals surface area contributed by atoms with Gasteiger partial charge in [-0.1, -0.05) is 12.1 Å². The summed E-state index contributed by atoms with van der Waals surface area (Å²) in [5, 5.41) is 9.34. The zero-order valence-electron chi connectivity index (χ0n) is 27.8. The van der Waals surface area contributed by atoms with Gasteiger partial charge in [0.05, 0.1) is 32.1 Å². The Morgan fingerprint density at radius 1 is 1.02 bits per heavy atom. The smallest absolute Gasteiger partial charge is 0.423 e. The van der Waals surface area contributed by atoms with E-state index in [0.29, 0.717) is 56.8 Å². The zero-order chi connectivity index (χ0) is 35.2. The van der Waals surface area contributed by atoms with Gasteiger partial charge in [0.1, 0.15) is 23.5 Å². The molecule has 16 heteroatoms. The Balaban J connectivity index is 1.29. The summed E-state index contributed by atoms with van der Waals surface area (Å²) >= 11 is 0. The lowest BCUT2D eigenvalue weighted by Gasteiger charge is -2.36. The maximum atomic E-state index is 14.0. The van der Waals surface area contributed by atoms with Gasteiger partial charge in [-0.25, -0.2) is 14.5 Å². The molecule has 1 aromatic carbocycles. The molecule has 2 fully saturated rings. The lowest BCUT2D eigenvalue weighted by atomic mass is 9.96. The molecule has 3 heterocycles. The molecular weight excluding hydrogens is 637 g/mol. The number of nitrogens with one attached hydrogen (secondary N) is 1. The van der Waals surface area contributed by atoms with Crippen molar-refractivity contribution in [2.75, 3.05) is 51.8 Å². The first-order chi connectivity index (χ1) is 22.6. The fourth-order valence-corrected chi connectivity index (χ4v) is 5.54. The molecule has 0 spiro atoms. The molecule has 48 heavy (non-hydrogen) atoms. The number of halogens is 3. The summed E-state index contributed by atoms with van der Waals surface area (Å²) in [5.41, 5.74) is -3.26. The third-order valence-electron chi connectivity index (χ3n) is 7.88. The predicted molar refractivity (Wildman–Crippen MR) is 168 cm³/mol. The molecule has 0 radical (unpaired) electrons. The number of aromatic nitrogens is 2. The molecule has 1 unspecified atom stereocenters. The minimum absolute atomic E-state index is 0.164. The van der Waals surface area contributed by atoms with Gasteiger partial charge in [0.15, 0.2) is 0 Å². The molecule has 13 nitrogen and oxygen atoms in total. The molecule has 2 aromatic rings. The third kappa shape index (κ3) is 9.39. The van der Waals surface area contributed by atoms with E-state index < -0.39 is 53.2 Å². The van der Waals surface area contributed by atoms with Crippen molar-refractivity contribution >= 4 is 23.6 Å². The second kappa shape index (κ2) is 15.3. The summed E-state index contributed by atoms with van der Waals surface area (Å²) in [6, 6.07) is 5.78. The summed E-state index contributed by atoms with van der Waals surface area (Å²) in [4.78, 5) is 53.2. The number of likely N-dealkylation sites (tertiary alicyclic amines) is 1. The first-order valence-corrected chi connectivity index (χ1v) is 15.8. The molecule has 4 rings (SSSR count). The number of nitrogens with zero attached hydrogens (tertiary/aromatic N) is 5. The number of rotatable bonds is 10. The van der Waals surface area contributed by atoms with Crippen LogP contribution in [0.4, 0.5) is 23.7 Å². The zero-order valence-corrected chi connectivity index (χ0v) is 27.8. The molecule has 1 aromatic heterocycles. The van der Waals surface area contributed by atoms with Crippen molar-refractivity contribution in [3.63, 3.8) is 0 Å². The number of amides is 3. The largest absolute Gasteiger partial charge is 0.497 e. The molecule has 0 aliphatic carbocycles. The third-order valence-corrected chi connectivity index (χ3v) is 7.88. The number of piperidine rings is 1. The van der Waals surface area contributed by atoms with Gasteiger partial charge in [0.2, 0.25) is 5.91 Å². The number of benzene rings is 1. The van der Waals surface area contributed by atoms with E-state index in [1.54, 1.807) is 56.9 Å². The van der Waals surface area contributed by atoms with Crippen molar-refractivity contribution in [2.45, 2.75) is 71.3 Å². The first-order valence-electron chi connectivity index (χ1n) is 15.8. The van der Waals surface area contributed by atoms with Crippen LogP contribution in [0.25, 0.3) is 0 Å². The topological polar surface area (TPSA) is 136 Å². The average molecular weight is 681 g/mol. The van der Waals surface area contributed by atoms with E-state index in [4.69, 9.17) is 14.2 Å². The minimum Gasteiger partial charge on any atom is -0.497 e. The summed E-state index contributed by atoms with van der Waals surface area (Å²) in [5.74, 6) is -0.454. The summed E-state index contributed by atoms with van der Waals surface area (Å²) in [6.07, 6.45) is -2.97. The highest BCUT2D eigenvalue weighted by molar-refractivity contribution is 5.85. The van der Waals surface area contributed by atoms with Crippen LogP contribution in [0, 0.1) is 5.92 Å². The number of hydrogen-bond acceptors (Lipinski definition) is 9. The van der Waals surface area contributed by atoms with Crippen molar-refractivity contribution < 1.29 is 41.8 Å². The van der Waals surface area contributed by atoms with Gasteiger partial charge in [-0.2, -0.15) is 18.3 Å². The number of methoxy groups -OCH3 is 1.